The highest BCUT2D eigenvalue weighted by molar-refractivity contribution is 8.03. The third-order valence-corrected chi connectivity index (χ3v) is 7.60. The molecule has 0 spiro atoms. The van der Waals surface area contributed by atoms with E-state index in [1.54, 1.807) is 0 Å². The number of hydrogen-bond donors (Lipinski definition) is 1. The molecule has 0 bridgehead atoms. The third-order valence-electron chi connectivity index (χ3n) is 6.44. The van der Waals surface area contributed by atoms with E-state index in [4.69, 9.17) is 0 Å². The van der Waals surface area contributed by atoms with Crippen LogP contribution in [0.5, 0.6) is 0 Å². The fourth-order valence-electron chi connectivity index (χ4n) is 4.22. The highest BCUT2D eigenvalue weighted by Gasteiger charge is 2.31. The molecule has 0 unspecified atom stereocenters. The van der Waals surface area contributed by atoms with E-state index in [0.29, 0.717) is 16.4 Å². The topological polar surface area (TPSA) is 39.1 Å². The Morgan fingerprint density at radius 1 is 1.12 bits per heavy atom. The second-order valence-corrected chi connectivity index (χ2v) is 10.1. The van der Waals surface area contributed by atoms with Crippen molar-refractivity contribution in [1.82, 2.24) is 10.2 Å². The Morgan fingerprint density at radius 2 is 1.85 bits per heavy atom. The first-order valence-electron chi connectivity index (χ1n) is 11.7. The van der Waals surface area contributed by atoms with E-state index in [9.17, 15) is 18.4 Å². The quantitative estimate of drug-likeness (QED) is 0.400. The van der Waals surface area contributed by atoms with Crippen molar-refractivity contribution < 1.29 is 13.2 Å². The van der Waals surface area contributed by atoms with E-state index in [2.05, 4.69) is 22.9 Å². The van der Waals surface area contributed by atoms with Gasteiger partial charge in [-0.3, -0.25) is 0 Å². The lowest BCUT2D eigenvalue weighted by molar-refractivity contribution is -0.137. The summed E-state index contributed by atoms with van der Waals surface area (Å²) in [5.41, 5.74) is 2.93. The van der Waals surface area contributed by atoms with Crippen LogP contribution < -0.4 is 5.32 Å². The molecule has 182 valence electrons. The number of nitrogens with zero attached hydrogens (tertiary/aromatic N) is 2. The van der Waals surface area contributed by atoms with Crippen LogP contribution in [-0.4, -0.2) is 31.1 Å². The number of alkyl halides is 3. The Kier molecular flexibility index (Phi) is 9.10. The molecule has 0 saturated carbocycles. The van der Waals surface area contributed by atoms with Crippen molar-refractivity contribution in [2.75, 3.05) is 26.2 Å². The molecule has 0 radical (unpaired) electrons. The van der Waals surface area contributed by atoms with Gasteiger partial charge < -0.3 is 10.2 Å². The molecule has 1 aliphatic heterocycles. The number of thioether (sulfide) groups is 1. The SMILES string of the molecule is C=C(Sc1cc(C(F)(F)F)ccc1C)N(CCc1ccc(C#N)c(C)c1)CCC1CCNCC1. The van der Waals surface area contributed by atoms with Crippen LogP contribution in [0.4, 0.5) is 13.2 Å². The molecule has 3 rings (SSSR count). The maximum absolute atomic E-state index is 13.3. The van der Waals surface area contributed by atoms with E-state index >= 15 is 0 Å². The summed E-state index contributed by atoms with van der Waals surface area (Å²) < 4.78 is 39.8. The van der Waals surface area contributed by atoms with Crippen molar-refractivity contribution in [3.8, 4) is 6.07 Å². The summed E-state index contributed by atoms with van der Waals surface area (Å²) in [6.07, 6.45) is -0.258. The number of halogens is 3. The lowest BCUT2D eigenvalue weighted by Crippen LogP contribution is -2.31. The number of piperidine rings is 1. The van der Waals surface area contributed by atoms with Crippen LogP contribution in [0.1, 0.15) is 47.1 Å². The normalized spacial score (nSPS) is 14.6. The van der Waals surface area contributed by atoms with E-state index in [1.165, 1.54) is 23.9 Å². The average molecular weight is 488 g/mol. The largest absolute Gasteiger partial charge is 0.416 e. The molecule has 0 aliphatic carbocycles. The smallest absolute Gasteiger partial charge is 0.366 e. The first kappa shape index (κ1) is 26.2. The second-order valence-electron chi connectivity index (χ2n) is 8.95. The summed E-state index contributed by atoms with van der Waals surface area (Å²) in [6, 6.07) is 11.9. The molecule has 7 heteroatoms. The Morgan fingerprint density at radius 3 is 2.50 bits per heavy atom. The average Bonchev–Trinajstić information content (AvgIpc) is 2.80. The fourth-order valence-corrected chi connectivity index (χ4v) is 5.20. The first-order valence-corrected chi connectivity index (χ1v) is 12.5. The minimum Gasteiger partial charge on any atom is -0.366 e. The first-order chi connectivity index (χ1) is 16.2. The molecule has 1 heterocycles. The van der Waals surface area contributed by atoms with Crippen molar-refractivity contribution in [3.63, 3.8) is 0 Å². The molecule has 1 aliphatic rings. The van der Waals surface area contributed by atoms with Gasteiger partial charge in [0.2, 0.25) is 0 Å². The Labute approximate surface area is 205 Å². The zero-order valence-electron chi connectivity index (χ0n) is 19.8. The molecule has 0 atom stereocenters. The summed E-state index contributed by atoms with van der Waals surface area (Å²) >= 11 is 1.32. The van der Waals surface area contributed by atoms with Crippen molar-refractivity contribution in [2.45, 2.75) is 50.6 Å². The minimum atomic E-state index is -4.37. The van der Waals surface area contributed by atoms with Crippen molar-refractivity contribution in [2.24, 2.45) is 5.92 Å². The molecule has 2 aromatic rings. The van der Waals surface area contributed by atoms with Gasteiger partial charge in [-0.1, -0.05) is 36.5 Å². The van der Waals surface area contributed by atoms with Gasteiger partial charge in [-0.15, -0.1) is 0 Å². The van der Waals surface area contributed by atoms with Gasteiger partial charge in [-0.2, -0.15) is 18.4 Å². The zero-order chi connectivity index (χ0) is 24.7. The number of nitrogens with one attached hydrogen (secondary N) is 1. The van der Waals surface area contributed by atoms with Crippen molar-refractivity contribution in [1.29, 1.82) is 5.26 Å². The lowest BCUT2D eigenvalue weighted by atomic mass is 9.94. The van der Waals surface area contributed by atoms with Crippen LogP contribution >= 0.6 is 11.8 Å². The summed E-state index contributed by atoms with van der Waals surface area (Å²) in [4.78, 5) is 2.79. The van der Waals surface area contributed by atoms with E-state index in [-0.39, 0.29) is 0 Å². The molecule has 34 heavy (non-hydrogen) atoms. The second kappa shape index (κ2) is 11.8. The highest BCUT2D eigenvalue weighted by Crippen LogP contribution is 2.36. The number of benzene rings is 2. The third kappa shape index (κ3) is 7.28. The van der Waals surface area contributed by atoms with Gasteiger partial charge in [0, 0.05) is 18.0 Å². The highest BCUT2D eigenvalue weighted by atomic mass is 32.2. The van der Waals surface area contributed by atoms with E-state index in [1.807, 2.05) is 32.0 Å². The van der Waals surface area contributed by atoms with Gasteiger partial charge in [-0.05, 0) is 93.4 Å². The maximum Gasteiger partial charge on any atom is 0.416 e. The van der Waals surface area contributed by atoms with Gasteiger partial charge in [0.05, 0.1) is 22.2 Å². The van der Waals surface area contributed by atoms with E-state index < -0.39 is 11.7 Å². The molecule has 2 aromatic carbocycles. The van der Waals surface area contributed by atoms with Crippen LogP contribution in [0, 0.1) is 31.1 Å². The van der Waals surface area contributed by atoms with Crippen LogP contribution in [0.15, 0.2) is 52.9 Å². The molecule has 0 aromatic heterocycles. The van der Waals surface area contributed by atoms with Crippen LogP contribution in [0.2, 0.25) is 0 Å². The summed E-state index contributed by atoms with van der Waals surface area (Å²) in [6.45, 7) is 11.6. The van der Waals surface area contributed by atoms with E-state index in [0.717, 1.165) is 79.6 Å². The summed E-state index contributed by atoms with van der Waals surface area (Å²) in [5, 5.41) is 13.3. The number of hydrogen-bond acceptors (Lipinski definition) is 4. The van der Waals surface area contributed by atoms with Gasteiger partial charge in [0.15, 0.2) is 0 Å². The molecule has 1 saturated heterocycles. The standard InChI is InChI=1S/C27H32F3N3S/c1-19-4-7-25(27(28,29)30)17-26(19)34-21(3)33(14-10-22-8-12-32-13-9-22)15-11-23-5-6-24(18-31)20(2)16-23/h4-7,16-17,22,32H,3,8-15H2,1-2H3. The Balaban J connectivity index is 1.73. The lowest BCUT2D eigenvalue weighted by Gasteiger charge is -2.30. The fraction of sp³-hybridized carbons (Fsp3) is 0.444. The summed E-state index contributed by atoms with van der Waals surface area (Å²) in [7, 11) is 0. The van der Waals surface area contributed by atoms with Crippen molar-refractivity contribution in [3.05, 3.63) is 75.8 Å². The van der Waals surface area contributed by atoms with Gasteiger partial charge in [-0.25, -0.2) is 0 Å². The minimum absolute atomic E-state index is 0.584. The molecule has 0 amide bonds. The predicted molar refractivity (Wildman–Crippen MR) is 133 cm³/mol. The van der Waals surface area contributed by atoms with Gasteiger partial charge >= 0.3 is 6.18 Å². The summed E-state index contributed by atoms with van der Waals surface area (Å²) in [5.74, 6) is 0.647. The molecular weight excluding hydrogens is 455 g/mol. The molecule has 1 N–H and O–H groups in total. The Hall–Kier alpha value is -2.43. The Bertz CT molecular complexity index is 1040. The van der Waals surface area contributed by atoms with Gasteiger partial charge in [0.25, 0.3) is 0 Å². The van der Waals surface area contributed by atoms with Crippen LogP contribution in [0.3, 0.4) is 0 Å². The predicted octanol–water partition coefficient (Wildman–Crippen LogP) is 6.69. The maximum atomic E-state index is 13.3. The molecule has 1 fully saturated rings. The number of rotatable bonds is 9. The zero-order valence-corrected chi connectivity index (χ0v) is 20.7. The van der Waals surface area contributed by atoms with Gasteiger partial charge in [0.1, 0.15) is 0 Å². The number of aryl methyl sites for hydroxylation is 2. The molecule has 3 nitrogen and oxygen atoms in total. The van der Waals surface area contributed by atoms with Crippen molar-refractivity contribution >= 4 is 11.8 Å². The molecular formula is C27H32F3N3S. The number of nitriles is 1. The van der Waals surface area contributed by atoms with Crippen LogP contribution in [0.25, 0.3) is 0 Å². The van der Waals surface area contributed by atoms with Crippen LogP contribution in [-0.2, 0) is 12.6 Å². The monoisotopic (exact) mass is 487 g/mol.